The van der Waals surface area contributed by atoms with Crippen molar-refractivity contribution in [1.82, 2.24) is 10.3 Å². The average molecular weight is 329 g/mol. The third-order valence-corrected chi connectivity index (χ3v) is 3.06. The highest BCUT2D eigenvalue weighted by molar-refractivity contribution is 5.88. The normalized spacial score (nSPS) is 9.92. The lowest BCUT2D eigenvalue weighted by molar-refractivity contribution is -0.123. The van der Waals surface area contributed by atoms with Crippen molar-refractivity contribution in [2.24, 2.45) is 0 Å². The van der Waals surface area contributed by atoms with Gasteiger partial charge in [0.1, 0.15) is 5.75 Å². The molecule has 0 saturated carbocycles. The molecule has 0 aliphatic carbocycles. The Morgan fingerprint density at radius 1 is 1.12 bits per heavy atom. The van der Waals surface area contributed by atoms with Crippen LogP contribution in [0.4, 0.5) is 5.69 Å². The zero-order valence-electron chi connectivity index (χ0n) is 13.5. The van der Waals surface area contributed by atoms with E-state index in [1.165, 1.54) is 13.1 Å². The van der Waals surface area contributed by atoms with Gasteiger partial charge in [0, 0.05) is 19.5 Å². The van der Waals surface area contributed by atoms with Gasteiger partial charge in [-0.1, -0.05) is 12.1 Å². The van der Waals surface area contributed by atoms with Gasteiger partial charge in [0.2, 0.25) is 11.8 Å². The summed E-state index contributed by atoms with van der Waals surface area (Å²) in [4.78, 5) is 26.7. The predicted molar refractivity (Wildman–Crippen MR) is 88.9 cm³/mol. The topological polar surface area (TPSA) is 89.5 Å². The smallest absolute Gasteiger partial charge is 0.258 e. The molecule has 126 valence electrons. The molecule has 0 bridgehead atoms. The molecular formula is C17H19N3O4. The molecule has 1 aromatic heterocycles. The molecule has 7 heteroatoms. The lowest BCUT2D eigenvalue weighted by Crippen LogP contribution is -2.28. The number of ether oxygens (including phenoxy) is 2. The van der Waals surface area contributed by atoms with Gasteiger partial charge in [0.25, 0.3) is 5.91 Å². The summed E-state index contributed by atoms with van der Waals surface area (Å²) in [6.07, 6.45) is 1.46. The first kappa shape index (κ1) is 17.3. The van der Waals surface area contributed by atoms with Gasteiger partial charge >= 0.3 is 0 Å². The average Bonchev–Trinajstić information content (AvgIpc) is 2.59. The zero-order chi connectivity index (χ0) is 17.4. The maximum atomic E-state index is 11.8. The third-order valence-electron chi connectivity index (χ3n) is 3.06. The lowest BCUT2D eigenvalue weighted by atomic mass is 10.2. The Labute approximate surface area is 140 Å². The summed E-state index contributed by atoms with van der Waals surface area (Å²) in [5, 5.41) is 5.35. The molecule has 0 fully saturated rings. The van der Waals surface area contributed by atoms with E-state index < -0.39 is 0 Å². The minimum Gasteiger partial charge on any atom is -0.497 e. The molecule has 0 saturated heterocycles. The van der Waals surface area contributed by atoms with Gasteiger partial charge in [0.15, 0.2) is 6.61 Å². The molecule has 0 unspecified atom stereocenters. The van der Waals surface area contributed by atoms with Crippen LogP contribution in [0.25, 0.3) is 0 Å². The molecule has 1 aromatic carbocycles. The largest absolute Gasteiger partial charge is 0.497 e. The molecule has 2 amide bonds. The number of methoxy groups -OCH3 is 1. The summed E-state index contributed by atoms with van der Waals surface area (Å²) in [6, 6.07) is 10.7. The highest BCUT2D eigenvalue weighted by Gasteiger charge is 2.04. The number of rotatable bonds is 7. The molecule has 2 aromatic rings. The maximum absolute atomic E-state index is 11.8. The van der Waals surface area contributed by atoms with Crippen LogP contribution in [0.3, 0.4) is 0 Å². The Hall–Kier alpha value is -3.09. The summed E-state index contributed by atoms with van der Waals surface area (Å²) in [7, 11) is 1.60. The summed E-state index contributed by atoms with van der Waals surface area (Å²) >= 11 is 0. The number of pyridine rings is 1. The first-order chi connectivity index (χ1) is 11.6. The number of hydrogen-bond donors (Lipinski definition) is 2. The Balaban J connectivity index is 1.75. The van der Waals surface area contributed by atoms with Crippen LogP contribution >= 0.6 is 0 Å². The molecule has 0 radical (unpaired) electrons. The number of carbonyl (C=O) groups excluding carboxylic acids is 2. The van der Waals surface area contributed by atoms with Crippen molar-refractivity contribution in [1.29, 1.82) is 0 Å². The Bertz CT molecular complexity index is 684. The van der Waals surface area contributed by atoms with E-state index in [9.17, 15) is 9.59 Å². The van der Waals surface area contributed by atoms with Crippen LogP contribution in [0.1, 0.15) is 12.5 Å². The highest BCUT2D eigenvalue weighted by atomic mass is 16.5. The second-order valence-electron chi connectivity index (χ2n) is 4.98. The van der Waals surface area contributed by atoms with E-state index in [1.54, 1.807) is 19.2 Å². The van der Waals surface area contributed by atoms with Gasteiger partial charge in [-0.25, -0.2) is 4.98 Å². The number of carbonyl (C=O) groups is 2. The minimum absolute atomic E-state index is 0.136. The first-order valence-corrected chi connectivity index (χ1v) is 7.33. The number of hydrogen-bond acceptors (Lipinski definition) is 5. The fourth-order valence-electron chi connectivity index (χ4n) is 1.88. The van der Waals surface area contributed by atoms with Gasteiger partial charge in [0.05, 0.1) is 19.0 Å². The van der Waals surface area contributed by atoms with E-state index in [1.807, 2.05) is 24.3 Å². The van der Waals surface area contributed by atoms with Crippen molar-refractivity contribution in [2.75, 3.05) is 19.0 Å². The van der Waals surface area contributed by atoms with E-state index in [-0.39, 0.29) is 18.4 Å². The quantitative estimate of drug-likeness (QED) is 0.808. The fourth-order valence-corrected chi connectivity index (χ4v) is 1.88. The van der Waals surface area contributed by atoms with Crippen LogP contribution < -0.4 is 20.1 Å². The van der Waals surface area contributed by atoms with Gasteiger partial charge < -0.3 is 20.1 Å². The van der Waals surface area contributed by atoms with Crippen LogP contribution in [-0.2, 0) is 16.1 Å². The second-order valence-corrected chi connectivity index (χ2v) is 4.98. The summed E-state index contributed by atoms with van der Waals surface area (Å²) in [5.74, 6) is 0.646. The number of aromatic nitrogens is 1. The summed E-state index contributed by atoms with van der Waals surface area (Å²) < 4.78 is 10.4. The molecule has 24 heavy (non-hydrogen) atoms. The first-order valence-electron chi connectivity index (χ1n) is 7.33. The molecule has 0 atom stereocenters. The van der Waals surface area contributed by atoms with Crippen LogP contribution in [0.15, 0.2) is 42.6 Å². The number of nitrogens with zero attached hydrogens (tertiary/aromatic N) is 1. The number of anilines is 1. The van der Waals surface area contributed by atoms with E-state index in [0.29, 0.717) is 18.1 Å². The van der Waals surface area contributed by atoms with Gasteiger partial charge in [-0.3, -0.25) is 9.59 Å². The molecule has 2 N–H and O–H groups in total. The van der Waals surface area contributed by atoms with E-state index in [2.05, 4.69) is 15.6 Å². The number of benzene rings is 1. The highest BCUT2D eigenvalue weighted by Crippen LogP contribution is 2.12. The molecule has 0 spiro atoms. The van der Waals surface area contributed by atoms with Crippen molar-refractivity contribution in [3.63, 3.8) is 0 Å². The molecule has 0 aliphatic heterocycles. The molecule has 1 heterocycles. The predicted octanol–water partition coefficient (Wildman–Crippen LogP) is 1.74. The molecule has 0 aliphatic rings. The Morgan fingerprint density at radius 2 is 1.88 bits per heavy atom. The SMILES string of the molecule is COc1ccc(CNC(=O)COc2ccc(NC(C)=O)cn2)cc1. The lowest BCUT2D eigenvalue weighted by Gasteiger charge is -2.08. The number of nitrogens with one attached hydrogen (secondary N) is 2. The molecular weight excluding hydrogens is 310 g/mol. The van der Waals surface area contributed by atoms with Gasteiger partial charge in [-0.15, -0.1) is 0 Å². The van der Waals surface area contributed by atoms with Crippen LogP contribution in [0, 0.1) is 0 Å². The zero-order valence-corrected chi connectivity index (χ0v) is 13.5. The summed E-state index contributed by atoms with van der Waals surface area (Å²) in [6.45, 7) is 1.68. The maximum Gasteiger partial charge on any atom is 0.258 e. The van der Waals surface area contributed by atoms with Crippen LogP contribution in [0.2, 0.25) is 0 Å². The van der Waals surface area contributed by atoms with Crippen molar-refractivity contribution in [2.45, 2.75) is 13.5 Å². The third kappa shape index (κ3) is 5.60. The van der Waals surface area contributed by atoms with Crippen LogP contribution in [0.5, 0.6) is 11.6 Å². The molecule has 2 rings (SSSR count). The Kier molecular flexibility index (Phi) is 6.13. The van der Waals surface area contributed by atoms with Crippen molar-refractivity contribution < 1.29 is 19.1 Å². The van der Waals surface area contributed by atoms with E-state index in [4.69, 9.17) is 9.47 Å². The van der Waals surface area contributed by atoms with Crippen LogP contribution in [-0.4, -0.2) is 30.5 Å². The second kappa shape index (κ2) is 8.52. The van der Waals surface area contributed by atoms with E-state index >= 15 is 0 Å². The van der Waals surface area contributed by atoms with Crippen molar-refractivity contribution in [3.05, 3.63) is 48.2 Å². The molecule has 7 nitrogen and oxygen atoms in total. The van der Waals surface area contributed by atoms with E-state index in [0.717, 1.165) is 11.3 Å². The van der Waals surface area contributed by atoms with Crippen molar-refractivity contribution in [3.8, 4) is 11.6 Å². The standard InChI is InChI=1S/C17H19N3O4/c1-12(21)20-14-5-8-17(19-10-14)24-11-16(22)18-9-13-3-6-15(23-2)7-4-13/h3-8,10H,9,11H2,1-2H3,(H,18,22)(H,20,21). The minimum atomic E-state index is -0.251. The monoisotopic (exact) mass is 329 g/mol. The number of amides is 2. The van der Waals surface area contributed by atoms with Gasteiger partial charge in [-0.05, 0) is 23.8 Å². The fraction of sp³-hybridized carbons (Fsp3) is 0.235. The van der Waals surface area contributed by atoms with Crippen molar-refractivity contribution >= 4 is 17.5 Å². The summed E-state index contributed by atoms with van der Waals surface area (Å²) in [5.41, 5.74) is 1.53. The Morgan fingerprint density at radius 3 is 2.46 bits per heavy atom. The van der Waals surface area contributed by atoms with Gasteiger partial charge in [-0.2, -0.15) is 0 Å².